The fourth-order valence-electron chi connectivity index (χ4n) is 1.60. The molecule has 108 valence electrons. The summed E-state index contributed by atoms with van der Waals surface area (Å²) < 4.78 is 15.5. The molecule has 0 aliphatic carbocycles. The number of hydrogen-bond donors (Lipinski definition) is 1. The number of rotatable bonds is 11. The van der Waals surface area contributed by atoms with E-state index in [0.717, 1.165) is 32.1 Å². The van der Waals surface area contributed by atoms with Crippen LogP contribution >= 0.6 is 0 Å². The first-order valence-electron chi connectivity index (χ1n) is 6.64. The Labute approximate surface area is 109 Å². The third-order valence-electron chi connectivity index (χ3n) is 2.83. The molecule has 2 atom stereocenters. The summed E-state index contributed by atoms with van der Waals surface area (Å²) >= 11 is 0. The van der Waals surface area contributed by atoms with E-state index in [-0.39, 0.29) is 18.8 Å². The normalized spacial score (nSPS) is 14.2. The van der Waals surface area contributed by atoms with Crippen molar-refractivity contribution in [3.63, 3.8) is 0 Å². The van der Waals surface area contributed by atoms with Gasteiger partial charge in [-0.2, -0.15) is 0 Å². The first-order valence-corrected chi connectivity index (χ1v) is 6.64. The average molecular weight is 262 g/mol. The maximum Gasteiger partial charge on any atom is 0.505 e. The van der Waals surface area contributed by atoms with Crippen molar-refractivity contribution in [1.29, 1.82) is 0 Å². The summed E-state index contributed by atoms with van der Waals surface area (Å²) in [7, 11) is 1.65. The predicted molar refractivity (Wildman–Crippen MR) is 68.9 cm³/mol. The van der Waals surface area contributed by atoms with Gasteiger partial charge < -0.3 is 19.3 Å². The molecule has 1 N–H and O–H groups in total. The minimum atomic E-state index is -1.25. The van der Waals surface area contributed by atoms with Crippen molar-refractivity contribution >= 4 is 6.16 Å². The van der Waals surface area contributed by atoms with Gasteiger partial charge in [0.25, 0.3) is 0 Å². The van der Waals surface area contributed by atoms with Crippen LogP contribution in [0.3, 0.4) is 0 Å². The fraction of sp³-hybridized carbons (Fsp3) is 0.923. The standard InChI is InChI=1S/C13H26O5/c1-4-6-7-8-12(10-18-13(14)15)17-9-11(5-2)16-3/h11-12H,4-10H2,1-3H3,(H,14,15). The van der Waals surface area contributed by atoms with Crippen LogP contribution in [0.25, 0.3) is 0 Å². The van der Waals surface area contributed by atoms with E-state index in [4.69, 9.17) is 14.6 Å². The molecular weight excluding hydrogens is 236 g/mol. The van der Waals surface area contributed by atoms with Crippen LogP contribution in [0, 0.1) is 0 Å². The first-order chi connectivity index (χ1) is 8.63. The lowest BCUT2D eigenvalue weighted by molar-refractivity contribution is -0.0557. The molecule has 2 unspecified atom stereocenters. The van der Waals surface area contributed by atoms with Crippen molar-refractivity contribution in [1.82, 2.24) is 0 Å². The summed E-state index contributed by atoms with van der Waals surface area (Å²) in [5.74, 6) is 0. The van der Waals surface area contributed by atoms with Crippen molar-refractivity contribution in [2.45, 2.75) is 58.2 Å². The van der Waals surface area contributed by atoms with Gasteiger partial charge in [-0.3, -0.25) is 0 Å². The Morgan fingerprint density at radius 1 is 1.17 bits per heavy atom. The zero-order chi connectivity index (χ0) is 13.8. The Morgan fingerprint density at radius 2 is 1.89 bits per heavy atom. The summed E-state index contributed by atoms with van der Waals surface area (Å²) in [5.41, 5.74) is 0. The molecule has 0 rings (SSSR count). The van der Waals surface area contributed by atoms with Gasteiger partial charge in [-0.25, -0.2) is 4.79 Å². The molecule has 0 aromatic heterocycles. The Hall–Kier alpha value is -0.810. The lowest BCUT2D eigenvalue weighted by Gasteiger charge is -2.20. The van der Waals surface area contributed by atoms with E-state index in [1.807, 2.05) is 6.92 Å². The van der Waals surface area contributed by atoms with Crippen molar-refractivity contribution in [2.24, 2.45) is 0 Å². The summed E-state index contributed by atoms with van der Waals surface area (Å²) in [6.07, 6.45) is 3.60. The molecule has 18 heavy (non-hydrogen) atoms. The minimum Gasteiger partial charge on any atom is -0.450 e. The van der Waals surface area contributed by atoms with Crippen molar-refractivity contribution in [3.8, 4) is 0 Å². The third-order valence-corrected chi connectivity index (χ3v) is 2.83. The highest BCUT2D eigenvalue weighted by Crippen LogP contribution is 2.09. The predicted octanol–water partition coefficient (Wildman–Crippen LogP) is 3.07. The summed E-state index contributed by atoms with van der Waals surface area (Å²) in [6, 6.07) is 0. The smallest absolute Gasteiger partial charge is 0.450 e. The van der Waals surface area contributed by atoms with Crippen LogP contribution in [0.4, 0.5) is 4.79 Å². The first kappa shape index (κ1) is 17.2. The van der Waals surface area contributed by atoms with Gasteiger partial charge >= 0.3 is 6.16 Å². The second-order valence-corrected chi connectivity index (χ2v) is 4.29. The zero-order valence-electron chi connectivity index (χ0n) is 11.7. The monoisotopic (exact) mass is 262 g/mol. The van der Waals surface area contributed by atoms with Crippen LogP contribution in [0.2, 0.25) is 0 Å². The molecule has 0 saturated carbocycles. The average Bonchev–Trinajstić information content (AvgIpc) is 2.36. The number of hydrogen-bond acceptors (Lipinski definition) is 4. The van der Waals surface area contributed by atoms with Crippen LogP contribution in [0.1, 0.15) is 46.0 Å². The van der Waals surface area contributed by atoms with E-state index in [0.29, 0.717) is 6.61 Å². The molecule has 0 aliphatic heterocycles. The zero-order valence-corrected chi connectivity index (χ0v) is 11.7. The fourth-order valence-corrected chi connectivity index (χ4v) is 1.60. The number of ether oxygens (including phenoxy) is 3. The number of carboxylic acid groups (broad SMARTS) is 1. The molecular formula is C13H26O5. The quantitative estimate of drug-likeness (QED) is 0.458. The Balaban J connectivity index is 3.97. The Bertz CT molecular complexity index is 204. The largest absolute Gasteiger partial charge is 0.505 e. The van der Waals surface area contributed by atoms with Gasteiger partial charge in [0, 0.05) is 7.11 Å². The van der Waals surface area contributed by atoms with Gasteiger partial charge in [-0.1, -0.05) is 33.1 Å². The number of methoxy groups -OCH3 is 1. The van der Waals surface area contributed by atoms with E-state index in [9.17, 15) is 4.79 Å². The molecule has 0 spiro atoms. The Kier molecular flexibility index (Phi) is 10.8. The minimum absolute atomic E-state index is 0.0588. The summed E-state index contributed by atoms with van der Waals surface area (Å²) in [6.45, 7) is 4.73. The van der Waals surface area contributed by atoms with Gasteiger partial charge in [-0.15, -0.1) is 0 Å². The van der Waals surface area contributed by atoms with Crippen LogP contribution in [-0.2, 0) is 14.2 Å². The SMILES string of the molecule is CCCCCC(COC(=O)O)OCC(CC)OC. The molecule has 0 aromatic rings. The van der Waals surface area contributed by atoms with Gasteiger partial charge in [-0.05, 0) is 12.8 Å². The van der Waals surface area contributed by atoms with Crippen LogP contribution < -0.4 is 0 Å². The third kappa shape index (κ3) is 9.24. The van der Waals surface area contributed by atoms with E-state index in [1.165, 1.54) is 0 Å². The van der Waals surface area contributed by atoms with E-state index in [2.05, 4.69) is 11.7 Å². The van der Waals surface area contributed by atoms with Crippen molar-refractivity contribution in [3.05, 3.63) is 0 Å². The molecule has 0 amide bonds. The second-order valence-electron chi connectivity index (χ2n) is 4.29. The van der Waals surface area contributed by atoms with E-state index < -0.39 is 6.16 Å². The summed E-state index contributed by atoms with van der Waals surface area (Å²) in [4.78, 5) is 10.4. The molecule has 0 aliphatic rings. The van der Waals surface area contributed by atoms with Gasteiger partial charge in [0.2, 0.25) is 0 Å². The summed E-state index contributed by atoms with van der Waals surface area (Å²) in [5, 5.41) is 8.50. The highest BCUT2D eigenvalue weighted by Gasteiger charge is 2.14. The highest BCUT2D eigenvalue weighted by atomic mass is 16.7. The maximum atomic E-state index is 10.4. The molecule has 0 saturated heterocycles. The number of carbonyl (C=O) groups is 1. The van der Waals surface area contributed by atoms with Gasteiger partial charge in [0.1, 0.15) is 6.61 Å². The molecule has 0 radical (unpaired) electrons. The maximum absolute atomic E-state index is 10.4. The van der Waals surface area contributed by atoms with Crippen molar-refractivity contribution < 1.29 is 24.1 Å². The van der Waals surface area contributed by atoms with Crippen LogP contribution in [0.5, 0.6) is 0 Å². The van der Waals surface area contributed by atoms with E-state index >= 15 is 0 Å². The molecule has 0 aromatic carbocycles. The molecule has 0 fully saturated rings. The molecule has 5 nitrogen and oxygen atoms in total. The molecule has 0 bridgehead atoms. The second kappa shape index (κ2) is 11.3. The highest BCUT2D eigenvalue weighted by molar-refractivity contribution is 5.56. The topological polar surface area (TPSA) is 65.0 Å². The lowest BCUT2D eigenvalue weighted by atomic mass is 10.1. The van der Waals surface area contributed by atoms with Crippen molar-refractivity contribution in [2.75, 3.05) is 20.3 Å². The Morgan fingerprint density at radius 3 is 2.39 bits per heavy atom. The van der Waals surface area contributed by atoms with Gasteiger partial charge in [0.05, 0.1) is 18.8 Å². The molecule has 0 heterocycles. The van der Waals surface area contributed by atoms with E-state index in [1.54, 1.807) is 7.11 Å². The molecule has 5 heteroatoms. The van der Waals surface area contributed by atoms with Crippen LogP contribution in [0.15, 0.2) is 0 Å². The van der Waals surface area contributed by atoms with Gasteiger partial charge in [0.15, 0.2) is 0 Å². The number of unbranched alkanes of at least 4 members (excludes halogenated alkanes) is 2. The van der Waals surface area contributed by atoms with Crippen LogP contribution in [-0.4, -0.2) is 43.8 Å². The lowest BCUT2D eigenvalue weighted by Crippen LogP contribution is -2.27.